The number of carbonyl (C=O) groups is 3. The highest BCUT2D eigenvalue weighted by molar-refractivity contribution is 9.10. The van der Waals surface area contributed by atoms with E-state index in [0.29, 0.717) is 10.9 Å². The minimum absolute atomic E-state index is 0.102. The fraction of sp³-hybridized carbons (Fsp3) is 0.300. The van der Waals surface area contributed by atoms with Crippen molar-refractivity contribution in [1.29, 1.82) is 0 Å². The van der Waals surface area contributed by atoms with Gasteiger partial charge in [0.2, 0.25) is 0 Å². The third-order valence-electron chi connectivity index (χ3n) is 4.61. The summed E-state index contributed by atoms with van der Waals surface area (Å²) in [6.45, 7) is 0.924. The van der Waals surface area contributed by atoms with Gasteiger partial charge in [-0.1, -0.05) is 6.07 Å². The third-order valence-corrected chi connectivity index (χ3v) is 5.05. The van der Waals surface area contributed by atoms with Crippen LogP contribution in [0.4, 0.5) is 4.39 Å². The number of nitrogens with one attached hydrogen (secondary N) is 1. The lowest BCUT2D eigenvalue weighted by molar-refractivity contribution is -0.132. The van der Waals surface area contributed by atoms with E-state index >= 15 is 0 Å². The van der Waals surface area contributed by atoms with Crippen LogP contribution in [0.3, 0.4) is 0 Å². The summed E-state index contributed by atoms with van der Waals surface area (Å²) in [5, 5.41) is 2.65. The highest BCUT2D eigenvalue weighted by Gasteiger charge is 2.40. The van der Waals surface area contributed by atoms with E-state index < -0.39 is 29.7 Å². The Morgan fingerprint density at radius 1 is 1.13 bits per heavy atom. The predicted octanol–water partition coefficient (Wildman–Crippen LogP) is 1.37. The van der Waals surface area contributed by atoms with E-state index in [9.17, 15) is 18.8 Å². The molecular formula is C20H21BrFN5O3. The van der Waals surface area contributed by atoms with Gasteiger partial charge in [0, 0.05) is 48.6 Å². The SMILES string of the molecule is NCCNC(=O)C1N(C(=O)c2cccc(F)c2)CCCN1C(=O)c1cncc(Br)c1. The number of amides is 3. The van der Waals surface area contributed by atoms with Gasteiger partial charge >= 0.3 is 0 Å². The van der Waals surface area contributed by atoms with Gasteiger partial charge in [-0.25, -0.2) is 4.39 Å². The first-order valence-electron chi connectivity index (χ1n) is 9.38. The van der Waals surface area contributed by atoms with Crippen LogP contribution in [0.5, 0.6) is 0 Å². The summed E-state index contributed by atoms with van der Waals surface area (Å²) in [4.78, 5) is 45.8. The van der Waals surface area contributed by atoms with Crippen molar-refractivity contribution in [2.75, 3.05) is 26.2 Å². The van der Waals surface area contributed by atoms with Gasteiger partial charge in [-0.05, 0) is 46.6 Å². The Morgan fingerprint density at radius 2 is 1.83 bits per heavy atom. The molecule has 1 aromatic heterocycles. The molecule has 1 unspecified atom stereocenters. The normalized spacial score (nSPS) is 16.3. The van der Waals surface area contributed by atoms with Gasteiger partial charge in [-0.2, -0.15) is 0 Å². The van der Waals surface area contributed by atoms with Crippen molar-refractivity contribution in [3.63, 3.8) is 0 Å². The lowest BCUT2D eigenvalue weighted by Crippen LogP contribution is -2.63. The first kappa shape index (κ1) is 21.8. The summed E-state index contributed by atoms with van der Waals surface area (Å²) in [6, 6.07) is 6.83. The molecule has 2 heterocycles. The Kier molecular flexibility index (Phi) is 7.11. The molecule has 0 bridgehead atoms. The zero-order valence-corrected chi connectivity index (χ0v) is 17.6. The summed E-state index contributed by atoms with van der Waals surface area (Å²) >= 11 is 3.28. The number of rotatable bonds is 5. The number of pyridine rings is 1. The lowest BCUT2D eigenvalue weighted by atomic mass is 10.1. The van der Waals surface area contributed by atoms with E-state index in [-0.39, 0.29) is 37.3 Å². The number of hydrogen-bond acceptors (Lipinski definition) is 5. The molecule has 0 radical (unpaired) electrons. The van der Waals surface area contributed by atoms with Crippen LogP contribution in [-0.4, -0.2) is 64.9 Å². The molecule has 10 heteroatoms. The molecule has 1 atom stereocenters. The molecule has 3 rings (SSSR count). The molecule has 0 saturated carbocycles. The first-order valence-corrected chi connectivity index (χ1v) is 10.2. The van der Waals surface area contributed by atoms with E-state index in [1.807, 2.05) is 0 Å². The second kappa shape index (κ2) is 9.77. The van der Waals surface area contributed by atoms with Crippen LogP contribution < -0.4 is 11.1 Å². The monoisotopic (exact) mass is 477 g/mol. The molecule has 1 aliphatic heterocycles. The summed E-state index contributed by atoms with van der Waals surface area (Å²) in [7, 11) is 0. The topological polar surface area (TPSA) is 109 Å². The quantitative estimate of drug-likeness (QED) is 0.675. The second-order valence-corrected chi connectivity index (χ2v) is 7.62. The number of carbonyl (C=O) groups excluding carboxylic acids is 3. The van der Waals surface area contributed by atoms with Gasteiger partial charge in [0.1, 0.15) is 5.82 Å². The van der Waals surface area contributed by atoms with Crippen molar-refractivity contribution in [3.05, 3.63) is 64.1 Å². The predicted molar refractivity (Wildman–Crippen MR) is 111 cm³/mol. The molecule has 8 nitrogen and oxygen atoms in total. The van der Waals surface area contributed by atoms with Crippen molar-refractivity contribution < 1.29 is 18.8 Å². The van der Waals surface area contributed by atoms with Crippen molar-refractivity contribution >= 4 is 33.7 Å². The Labute approximate surface area is 181 Å². The molecule has 1 aliphatic rings. The molecular weight excluding hydrogens is 457 g/mol. The molecule has 3 amide bonds. The number of hydrogen-bond donors (Lipinski definition) is 2. The van der Waals surface area contributed by atoms with Crippen LogP contribution in [0.2, 0.25) is 0 Å². The van der Waals surface area contributed by atoms with Crippen LogP contribution in [-0.2, 0) is 4.79 Å². The largest absolute Gasteiger partial charge is 0.351 e. The van der Waals surface area contributed by atoms with E-state index in [0.717, 1.165) is 6.07 Å². The number of halogens is 2. The Hall–Kier alpha value is -2.85. The Morgan fingerprint density at radius 3 is 2.47 bits per heavy atom. The maximum Gasteiger partial charge on any atom is 0.263 e. The zero-order valence-electron chi connectivity index (χ0n) is 16.1. The van der Waals surface area contributed by atoms with Gasteiger partial charge in [0.25, 0.3) is 17.7 Å². The average molecular weight is 478 g/mol. The molecule has 1 aromatic carbocycles. The molecule has 0 spiro atoms. The van der Waals surface area contributed by atoms with Gasteiger partial charge in [-0.15, -0.1) is 0 Å². The smallest absolute Gasteiger partial charge is 0.263 e. The number of aromatic nitrogens is 1. The minimum Gasteiger partial charge on any atom is -0.351 e. The van der Waals surface area contributed by atoms with Crippen molar-refractivity contribution in [1.82, 2.24) is 20.1 Å². The standard InChI is InChI=1S/C20H21BrFN5O3/c21-15-9-14(11-24-12-15)20(30)27-8-2-7-26(18(27)17(28)25-6-5-23)19(29)13-3-1-4-16(22)10-13/h1,3-4,9-12,18H,2,5-8,23H2,(H,25,28). The van der Waals surface area contributed by atoms with Crippen molar-refractivity contribution in [2.24, 2.45) is 5.73 Å². The molecule has 3 N–H and O–H groups in total. The number of benzene rings is 1. The van der Waals surface area contributed by atoms with Crippen LogP contribution >= 0.6 is 15.9 Å². The molecule has 30 heavy (non-hydrogen) atoms. The maximum absolute atomic E-state index is 13.6. The van der Waals surface area contributed by atoms with E-state index in [1.54, 1.807) is 6.07 Å². The zero-order chi connectivity index (χ0) is 21.7. The van der Waals surface area contributed by atoms with E-state index in [2.05, 4.69) is 26.2 Å². The van der Waals surface area contributed by atoms with E-state index in [1.165, 1.54) is 40.4 Å². The van der Waals surface area contributed by atoms with Gasteiger partial charge in [-0.3, -0.25) is 19.4 Å². The van der Waals surface area contributed by atoms with Gasteiger partial charge < -0.3 is 20.9 Å². The fourth-order valence-corrected chi connectivity index (χ4v) is 3.67. The summed E-state index contributed by atoms with van der Waals surface area (Å²) in [5.74, 6) is -2.06. The van der Waals surface area contributed by atoms with Crippen LogP contribution in [0.25, 0.3) is 0 Å². The molecule has 0 aliphatic carbocycles. The maximum atomic E-state index is 13.6. The first-order chi connectivity index (χ1) is 14.4. The summed E-state index contributed by atoms with van der Waals surface area (Å²) in [5.41, 5.74) is 5.86. The highest BCUT2D eigenvalue weighted by atomic mass is 79.9. The fourth-order valence-electron chi connectivity index (χ4n) is 3.30. The third kappa shape index (κ3) is 4.82. The minimum atomic E-state index is -1.19. The number of nitrogens with zero attached hydrogens (tertiary/aromatic N) is 3. The second-order valence-electron chi connectivity index (χ2n) is 6.71. The highest BCUT2D eigenvalue weighted by Crippen LogP contribution is 2.22. The van der Waals surface area contributed by atoms with Crippen LogP contribution in [0.15, 0.2) is 47.2 Å². The summed E-state index contributed by atoms with van der Waals surface area (Å²) < 4.78 is 14.3. The van der Waals surface area contributed by atoms with Crippen molar-refractivity contribution in [3.8, 4) is 0 Å². The Balaban J connectivity index is 1.96. The molecule has 2 aromatic rings. The lowest BCUT2D eigenvalue weighted by Gasteiger charge is -2.42. The average Bonchev–Trinajstić information content (AvgIpc) is 2.76. The Bertz CT molecular complexity index is 892. The summed E-state index contributed by atoms with van der Waals surface area (Å²) in [6.07, 6.45) is 2.22. The van der Waals surface area contributed by atoms with Crippen LogP contribution in [0.1, 0.15) is 27.1 Å². The van der Waals surface area contributed by atoms with E-state index in [4.69, 9.17) is 5.73 Å². The van der Waals surface area contributed by atoms with Crippen molar-refractivity contribution in [2.45, 2.75) is 12.6 Å². The molecule has 1 saturated heterocycles. The van der Waals surface area contributed by atoms with Gasteiger partial charge in [0.15, 0.2) is 6.17 Å². The number of nitrogens with two attached hydrogens (primary N) is 1. The van der Waals surface area contributed by atoms with Gasteiger partial charge in [0.05, 0.1) is 5.56 Å². The molecule has 1 fully saturated rings. The van der Waals surface area contributed by atoms with Crippen LogP contribution in [0, 0.1) is 5.82 Å². The molecule has 158 valence electrons.